The van der Waals surface area contributed by atoms with E-state index in [1.54, 1.807) is 46.6 Å². The number of carbonyl (C=O) groups excluding carboxylic acids is 2. The van der Waals surface area contributed by atoms with Crippen LogP contribution < -0.4 is 15.4 Å². The van der Waals surface area contributed by atoms with Crippen LogP contribution in [0.2, 0.25) is 0 Å². The fourth-order valence-corrected chi connectivity index (χ4v) is 6.60. The van der Waals surface area contributed by atoms with Gasteiger partial charge in [0, 0.05) is 48.1 Å². The van der Waals surface area contributed by atoms with Crippen molar-refractivity contribution in [1.82, 2.24) is 19.8 Å². The minimum Gasteiger partial charge on any atom is -0.497 e. The summed E-state index contributed by atoms with van der Waals surface area (Å²) in [4.78, 5) is 24.4. The number of halogens is 6. The second kappa shape index (κ2) is 13.0. The molecular formula is C37H28F6N4O3. The van der Waals surface area contributed by atoms with Gasteiger partial charge in [0.05, 0.1) is 18.1 Å². The molecule has 4 heterocycles. The van der Waals surface area contributed by atoms with Gasteiger partial charge < -0.3 is 24.5 Å². The summed E-state index contributed by atoms with van der Waals surface area (Å²) in [7, 11) is 1.54. The summed E-state index contributed by atoms with van der Waals surface area (Å²) in [5.74, 6) is -6.30. The molecule has 0 radical (unpaired) electrons. The van der Waals surface area contributed by atoms with E-state index in [4.69, 9.17) is 4.74 Å². The van der Waals surface area contributed by atoms with Crippen molar-refractivity contribution in [3.05, 3.63) is 113 Å². The van der Waals surface area contributed by atoms with E-state index in [0.717, 1.165) is 30.7 Å². The van der Waals surface area contributed by atoms with Crippen LogP contribution >= 0.6 is 0 Å². The highest BCUT2D eigenvalue weighted by Gasteiger charge is 2.26. The molecule has 50 heavy (non-hydrogen) atoms. The molecule has 0 saturated carbocycles. The number of aromatic nitrogens is 2. The Labute approximate surface area is 281 Å². The second-order valence-corrected chi connectivity index (χ2v) is 11.9. The number of methoxy groups -OCH3 is 1. The molecular weight excluding hydrogens is 662 g/mol. The fraction of sp³-hybridized carbons (Fsp3) is 0.189. The first-order valence-corrected chi connectivity index (χ1v) is 15.8. The predicted molar refractivity (Wildman–Crippen MR) is 175 cm³/mol. The zero-order valence-electron chi connectivity index (χ0n) is 26.5. The van der Waals surface area contributed by atoms with E-state index in [0.29, 0.717) is 65.9 Å². The quantitative estimate of drug-likeness (QED) is 0.187. The number of nitrogens with one attached hydrogen (secondary N) is 2. The molecule has 2 amide bonds. The van der Waals surface area contributed by atoms with E-state index < -0.39 is 34.9 Å². The Hall–Kier alpha value is -5.72. The normalized spacial score (nSPS) is 14.2. The lowest BCUT2D eigenvalue weighted by molar-refractivity contribution is 0.0943. The van der Waals surface area contributed by atoms with Crippen LogP contribution in [0, 0.1) is 34.9 Å². The third-order valence-electron chi connectivity index (χ3n) is 8.89. The molecule has 7 nitrogen and oxygen atoms in total. The summed E-state index contributed by atoms with van der Waals surface area (Å²) in [5.41, 5.74) is 2.05. The van der Waals surface area contributed by atoms with Crippen LogP contribution in [0.5, 0.6) is 5.75 Å². The molecule has 0 fully saturated rings. The Kier molecular flexibility index (Phi) is 8.50. The van der Waals surface area contributed by atoms with Gasteiger partial charge in [-0.15, -0.1) is 0 Å². The van der Waals surface area contributed by atoms with E-state index in [1.165, 1.54) is 12.1 Å². The molecule has 0 spiro atoms. The van der Waals surface area contributed by atoms with E-state index in [2.05, 4.69) is 10.6 Å². The molecule has 0 unspecified atom stereocenters. The van der Waals surface area contributed by atoms with Crippen LogP contribution in [0.3, 0.4) is 0 Å². The van der Waals surface area contributed by atoms with Crippen molar-refractivity contribution in [3.8, 4) is 28.0 Å². The van der Waals surface area contributed by atoms with Crippen LogP contribution in [0.25, 0.3) is 44.1 Å². The van der Waals surface area contributed by atoms with E-state index in [-0.39, 0.29) is 39.7 Å². The Bertz CT molecular complexity index is 2330. The molecule has 2 aromatic heterocycles. The molecule has 256 valence electrons. The van der Waals surface area contributed by atoms with Crippen LogP contribution in [0.15, 0.2) is 66.7 Å². The van der Waals surface area contributed by atoms with E-state index in [1.807, 2.05) is 0 Å². The molecule has 2 aliphatic rings. The topological polar surface area (TPSA) is 77.3 Å². The number of aryl methyl sites for hydroxylation is 2. The Morgan fingerprint density at radius 2 is 1.06 bits per heavy atom. The number of rotatable bonds is 3. The van der Waals surface area contributed by atoms with Gasteiger partial charge >= 0.3 is 0 Å². The van der Waals surface area contributed by atoms with Gasteiger partial charge in [0.15, 0.2) is 34.9 Å². The summed E-state index contributed by atoms with van der Waals surface area (Å²) in [5, 5.41) is 6.35. The molecule has 4 aromatic carbocycles. The smallest absolute Gasteiger partial charge is 0.267 e. The maximum Gasteiger partial charge on any atom is 0.267 e. The second-order valence-electron chi connectivity index (χ2n) is 11.9. The molecule has 0 atom stereocenters. The first-order valence-electron chi connectivity index (χ1n) is 15.8. The van der Waals surface area contributed by atoms with Crippen LogP contribution in [0.4, 0.5) is 26.3 Å². The van der Waals surface area contributed by atoms with Gasteiger partial charge in [-0.2, -0.15) is 0 Å². The minimum atomic E-state index is -1.16. The molecule has 2 aliphatic heterocycles. The summed E-state index contributed by atoms with van der Waals surface area (Å²) >= 11 is 0. The summed E-state index contributed by atoms with van der Waals surface area (Å²) < 4.78 is 92.9. The lowest BCUT2D eigenvalue weighted by atomic mass is 10.0. The van der Waals surface area contributed by atoms with Crippen molar-refractivity contribution in [1.29, 1.82) is 0 Å². The summed E-state index contributed by atoms with van der Waals surface area (Å²) in [6.07, 6.45) is 1.34. The molecule has 6 aromatic rings. The van der Waals surface area contributed by atoms with Crippen LogP contribution in [0.1, 0.15) is 33.8 Å². The van der Waals surface area contributed by atoms with Crippen LogP contribution in [-0.4, -0.2) is 41.1 Å². The first kappa shape index (κ1) is 32.8. The van der Waals surface area contributed by atoms with Crippen molar-refractivity contribution in [2.24, 2.45) is 0 Å². The Morgan fingerprint density at radius 3 is 1.54 bits per heavy atom. The third-order valence-corrected chi connectivity index (χ3v) is 8.89. The van der Waals surface area contributed by atoms with Gasteiger partial charge in [-0.25, -0.2) is 26.3 Å². The third kappa shape index (κ3) is 5.61. The van der Waals surface area contributed by atoms with Crippen molar-refractivity contribution >= 4 is 33.6 Å². The van der Waals surface area contributed by atoms with Gasteiger partial charge in [0.2, 0.25) is 0 Å². The van der Waals surface area contributed by atoms with Crippen molar-refractivity contribution in [2.45, 2.75) is 25.9 Å². The number of ether oxygens (including phenoxy) is 1. The predicted octanol–water partition coefficient (Wildman–Crippen LogP) is 7.73. The maximum absolute atomic E-state index is 14.7. The van der Waals surface area contributed by atoms with Crippen molar-refractivity contribution in [2.75, 3.05) is 20.2 Å². The molecule has 13 heteroatoms. The largest absolute Gasteiger partial charge is 0.497 e. The SMILES string of the molecule is COc1ccc(-c2c(F)c(F)cc3cc4n(c23)CCCNC4=O)cc1.O=C1NCCCn2c1cc1cc(F)c(F)c(-c3ccc(F)c(F)c3)c12. The number of fused-ring (bicyclic) bond motifs is 6. The van der Waals surface area contributed by atoms with E-state index >= 15 is 0 Å². The summed E-state index contributed by atoms with van der Waals surface area (Å²) in [6, 6.07) is 14.9. The zero-order chi connectivity index (χ0) is 35.3. The van der Waals surface area contributed by atoms with Gasteiger partial charge in [-0.1, -0.05) is 18.2 Å². The standard InChI is InChI=1S/C19H16F2N2O2.C18H12F4N2O/c1-25-13-5-3-11(4-6-13)16-17(21)14(20)9-12-10-15-19(24)22-7-2-8-23(15)18(12)16;19-11-3-2-9(6-12(11)20)15-16(22)13(21)7-10-8-14-18(25)23-4-1-5-24(14)17(10)15/h3-6,9-10H,2,7-8H2,1H3,(H,22,24);2-3,6-8H,1,4-5H2,(H,23,25). The maximum atomic E-state index is 14.7. The lowest BCUT2D eigenvalue weighted by Crippen LogP contribution is -2.22. The first-order chi connectivity index (χ1) is 24.1. The monoisotopic (exact) mass is 690 g/mol. The fourth-order valence-electron chi connectivity index (χ4n) is 6.60. The number of carbonyl (C=O) groups is 2. The zero-order valence-corrected chi connectivity index (χ0v) is 26.5. The average molecular weight is 691 g/mol. The van der Waals surface area contributed by atoms with Crippen molar-refractivity contribution < 1.29 is 40.7 Å². The highest BCUT2D eigenvalue weighted by atomic mass is 19.2. The van der Waals surface area contributed by atoms with Gasteiger partial charge in [-0.3, -0.25) is 9.59 Å². The number of hydrogen-bond acceptors (Lipinski definition) is 3. The molecule has 0 aliphatic carbocycles. The van der Waals surface area contributed by atoms with Crippen molar-refractivity contribution in [3.63, 3.8) is 0 Å². The van der Waals surface area contributed by atoms with Crippen LogP contribution in [-0.2, 0) is 13.1 Å². The minimum absolute atomic E-state index is 0.00598. The molecule has 0 bridgehead atoms. The van der Waals surface area contributed by atoms with Gasteiger partial charge in [0.25, 0.3) is 11.8 Å². The van der Waals surface area contributed by atoms with E-state index in [9.17, 15) is 35.9 Å². The Balaban J connectivity index is 0.000000157. The highest BCUT2D eigenvalue weighted by molar-refractivity contribution is 6.04. The number of nitrogens with zero attached hydrogens (tertiary/aromatic N) is 2. The molecule has 2 N–H and O–H groups in total. The number of benzene rings is 4. The molecule has 8 rings (SSSR count). The number of amides is 2. The molecule has 0 saturated heterocycles. The number of hydrogen-bond donors (Lipinski definition) is 2. The van der Waals surface area contributed by atoms with Gasteiger partial charge in [-0.05, 0) is 72.5 Å². The van der Waals surface area contributed by atoms with Gasteiger partial charge in [0.1, 0.15) is 17.1 Å². The summed E-state index contributed by atoms with van der Waals surface area (Å²) in [6.45, 7) is 2.00. The average Bonchev–Trinajstić information content (AvgIpc) is 3.51. The Morgan fingerprint density at radius 1 is 0.580 bits per heavy atom. The lowest BCUT2D eigenvalue weighted by Gasteiger charge is -2.12. The highest BCUT2D eigenvalue weighted by Crippen LogP contribution is 2.38.